The average Bonchev–Trinajstić information content (AvgIpc) is 2.99. The van der Waals surface area contributed by atoms with E-state index in [2.05, 4.69) is 4.98 Å². The van der Waals surface area contributed by atoms with E-state index in [1.807, 2.05) is 60.7 Å². The number of aromatic nitrogens is 1. The van der Waals surface area contributed by atoms with Crippen LogP contribution in [0.4, 0.5) is 0 Å². The van der Waals surface area contributed by atoms with Crippen molar-refractivity contribution in [2.45, 2.75) is 12.8 Å². The Morgan fingerprint density at radius 2 is 1.55 bits per heavy atom. The summed E-state index contributed by atoms with van der Waals surface area (Å²) in [6, 6.07) is 19.9. The van der Waals surface area contributed by atoms with Crippen LogP contribution >= 0.6 is 22.6 Å². The molecule has 0 radical (unpaired) electrons. The van der Waals surface area contributed by atoms with Crippen molar-refractivity contribution in [3.63, 3.8) is 0 Å². The van der Waals surface area contributed by atoms with Gasteiger partial charge in [0.2, 0.25) is 0 Å². The summed E-state index contributed by atoms with van der Waals surface area (Å²) >= 11 is 1.80. The predicted octanol–water partition coefficient (Wildman–Crippen LogP) is 4.90. The van der Waals surface area contributed by atoms with E-state index in [1.54, 1.807) is 22.6 Å². The van der Waals surface area contributed by atoms with Gasteiger partial charge in [0.15, 0.2) is 15.4 Å². The van der Waals surface area contributed by atoms with Crippen LogP contribution in [0.5, 0.6) is 0 Å². The SMILES string of the molecule is O=C(I)CCc1nc(-c2ccccc2)c(-c2ccccc2)o1. The molecular formula is C18H14INO2. The van der Waals surface area contributed by atoms with E-state index < -0.39 is 0 Å². The summed E-state index contributed by atoms with van der Waals surface area (Å²) in [5, 5.41) is 0. The first kappa shape index (κ1) is 15.0. The quantitative estimate of drug-likeness (QED) is 0.450. The summed E-state index contributed by atoms with van der Waals surface area (Å²) in [6.07, 6.45) is 0.956. The minimum Gasteiger partial charge on any atom is -0.440 e. The van der Waals surface area contributed by atoms with Crippen LogP contribution in [-0.2, 0) is 11.2 Å². The number of aryl methyl sites for hydroxylation is 1. The fourth-order valence-corrected chi connectivity index (χ4v) is 2.52. The van der Waals surface area contributed by atoms with Crippen molar-refractivity contribution in [1.29, 1.82) is 0 Å². The molecule has 110 valence electrons. The highest BCUT2D eigenvalue weighted by atomic mass is 127. The van der Waals surface area contributed by atoms with Gasteiger partial charge in [0.1, 0.15) is 5.69 Å². The van der Waals surface area contributed by atoms with E-state index in [0.717, 1.165) is 22.6 Å². The Bertz CT molecular complexity index is 709. The first-order valence-corrected chi connectivity index (χ1v) is 8.11. The number of nitrogens with zero attached hydrogens (tertiary/aromatic N) is 1. The van der Waals surface area contributed by atoms with Crippen LogP contribution in [0.25, 0.3) is 22.6 Å². The highest BCUT2D eigenvalue weighted by molar-refractivity contribution is 14.1. The minimum absolute atomic E-state index is 0.110. The highest BCUT2D eigenvalue weighted by Crippen LogP contribution is 2.32. The number of oxazole rings is 1. The van der Waals surface area contributed by atoms with Crippen molar-refractivity contribution in [2.75, 3.05) is 0 Å². The van der Waals surface area contributed by atoms with Gasteiger partial charge in [0.05, 0.1) is 0 Å². The third-order valence-corrected chi connectivity index (χ3v) is 3.83. The van der Waals surface area contributed by atoms with Gasteiger partial charge in [-0.1, -0.05) is 60.7 Å². The van der Waals surface area contributed by atoms with Crippen molar-refractivity contribution in [3.8, 4) is 22.6 Å². The Balaban J connectivity index is 2.04. The van der Waals surface area contributed by atoms with Crippen LogP contribution in [0, 0.1) is 0 Å². The third-order valence-electron chi connectivity index (χ3n) is 3.29. The molecule has 2 aromatic carbocycles. The Hall–Kier alpha value is -1.95. The number of hydrogen-bond donors (Lipinski definition) is 0. The molecular weight excluding hydrogens is 389 g/mol. The molecule has 0 unspecified atom stereocenters. The zero-order chi connectivity index (χ0) is 15.4. The number of hydrogen-bond acceptors (Lipinski definition) is 3. The van der Waals surface area contributed by atoms with Crippen molar-refractivity contribution < 1.29 is 9.21 Å². The third kappa shape index (κ3) is 3.44. The minimum atomic E-state index is 0.110. The summed E-state index contributed by atoms with van der Waals surface area (Å²) < 4.78 is 6.05. The number of benzene rings is 2. The maximum atomic E-state index is 11.2. The fraction of sp³-hybridized carbons (Fsp3) is 0.111. The normalized spacial score (nSPS) is 10.6. The van der Waals surface area contributed by atoms with Crippen LogP contribution in [0.2, 0.25) is 0 Å². The molecule has 4 heteroatoms. The molecule has 0 bridgehead atoms. The lowest BCUT2D eigenvalue weighted by molar-refractivity contribution is -0.109. The van der Waals surface area contributed by atoms with E-state index in [4.69, 9.17) is 4.42 Å². The van der Waals surface area contributed by atoms with Crippen molar-refractivity contribution in [2.24, 2.45) is 0 Å². The molecule has 0 saturated heterocycles. The van der Waals surface area contributed by atoms with Crippen LogP contribution in [-0.4, -0.2) is 8.77 Å². The monoisotopic (exact) mass is 403 g/mol. The zero-order valence-electron chi connectivity index (χ0n) is 11.8. The van der Waals surface area contributed by atoms with Crippen molar-refractivity contribution >= 4 is 26.4 Å². The summed E-state index contributed by atoms with van der Waals surface area (Å²) in [6.45, 7) is 0. The molecule has 0 saturated carbocycles. The number of carbonyl (C=O) groups is 1. The molecule has 0 amide bonds. The molecule has 0 fully saturated rings. The second kappa shape index (κ2) is 6.87. The second-order valence-electron chi connectivity index (χ2n) is 4.87. The highest BCUT2D eigenvalue weighted by Gasteiger charge is 2.16. The van der Waals surface area contributed by atoms with Crippen LogP contribution in [0.15, 0.2) is 65.1 Å². The zero-order valence-corrected chi connectivity index (χ0v) is 14.0. The predicted molar refractivity (Wildman–Crippen MR) is 94.7 cm³/mol. The van der Waals surface area contributed by atoms with Gasteiger partial charge in [-0.3, -0.25) is 4.79 Å². The maximum Gasteiger partial charge on any atom is 0.196 e. The molecule has 1 aromatic heterocycles. The molecule has 0 spiro atoms. The van der Waals surface area contributed by atoms with Crippen LogP contribution < -0.4 is 0 Å². The van der Waals surface area contributed by atoms with Gasteiger partial charge in [-0.25, -0.2) is 4.98 Å². The van der Waals surface area contributed by atoms with Gasteiger partial charge in [-0.2, -0.15) is 0 Å². The van der Waals surface area contributed by atoms with Gasteiger partial charge in [-0.05, 0) is 22.6 Å². The maximum absolute atomic E-state index is 11.2. The van der Waals surface area contributed by atoms with Gasteiger partial charge in [-0.15, -0.1) is 0 Å². The summed E-state index contributed by atoms with van der Waals surface area (Å²) in [7, 11) is 0. The Kier molecular flexibility index (Phi) is 4.68. The smallest absolute Gasteiger partial charge is 0.196 e. The molecule has 3 aromatic rings. The Morgan fingerprint density at radius 1 is 0.955 bits per heavy atom. The largest absolute Gasteiger partial charge is 0.440 e. The molecule has 1 heterocycles. The van der Waals surface area contributed by atoms with Crippen molar-refractivity contribution in [1.82, 2.24) is 4.98 Å². The van der Waals surface area contributed by atoms with E-state index >= 15 is 0 Å². The molecule has 0 N–H and O–H groups in total. The standard InChI is InChI=1S/C18H14INO2/c19-15(21)11-12-16-20-17(13-7-3-1-4-8-13)18(22-16)14-9-5-2-6-10-14/h1-10H,11-12H2. The van der Waals surface area contributed by atoms with Gasteiger partial charge in [0.25, 0.3) is 0 Å². The number of carbonyl (C=O) groups excluding carboxylic acids is 1. The lowest BCUT2D eigenvalue weighted by atomic mass is 10.1. The van der Waals surface area contributed by atoms with E-state index in [1.165, 1.54) is 0 Å². The molecule has 0 atom stereocenters. The van der Waals surface area contributed by atoms with Gasteiger partial charge in [0, 0.05) is 24.0 Å². The molecule has 3 nitrogen and oxygen atoms in total. The molecule has 22 heavy (non-hydrogen) atoms. The molecule has 0 aliphatic heterocycles. The topological polar surface area (TPSA) is 43.1 Å². The number of halogens is 1. The first-order valence-electron chi connectivity index (χ1n) is 7.03. The van der Waals surface area contributed by atoms with E-state index in [9.17, 15) is 4.79 Å². The van der Waals surface area contributed by atoms with Crippen LogP contribution in [0.3, 0.4) is 0 Å². The van der Waals surface area contributed by atoms with Gasteiger partial charge < -0.3 is 4.42 Å². The Morgan fingerprint density at radius 3 is 2.14 bits per heavy atom. The molecule has 0 aliphatic carbocycles. The lowest BCUT2D eigenvalue weighted by Gasteiger charge is -2.00. The van der Waals surface area contributed by atoms with Crippen LogP contribution in [0.1, 0.15) is 12.3 Å². The average molecular weight is 403 g/mol. The van der Waals surface area contributed by atoms with Gasteiger partial charge >= 0.3 is 0 Å². The Labute approximate surface area is 142 Å². The molecule has 3 rings (SSSR count). The summed E-state index contributed by atoms with van der Waals surface area (Å²) in [4.78, 5) is 15.8. The second-order valence-corrected chi connectivity index (χ2v) is 6.08. The van der Waals surface area contributed by atoms with Crippen molar-refractivity contribution in [3.05, 3.63) is 66.6 Å². The first-order chi connectivity index (χ1) is 10.7. The van der Waals surface area contributed by atoms with E-state index in [-0.39, 0.29) is 3.79 Å². The van der Waals surface area contributed by atoms with E-state index in [0.29, 0.717) is 18.7 Å². The summed E-state index contributed by atoms with van der Waals surface area (Å²) in [5.41, 5.74) is 2.82. The summed E-state index contributed by atoms with van der Waals surface area (Å²) in [5.74, 6) is 1.35. The lowest BCUT2D eigenvalue weighted by Crippen LogP contribution is -1.91. The molecule has 0 aliphatic rings. The fourth-order valence-electron chi connectivity index (χ4n) is 2.25. The number of rotatable bonds is 5.